The second-order valence-electron chi connectivity index (χ2n) is 5.36. The SMILES string of the molecule is COc1cc(/C=C2\SC(=N)[C@H](c3nccs3)C2=O)cc(Br)c1OCC(=O)O. The normalized spacial score (nSPS) is 18.1. The Morgan fingerprint density at radius 3 is 2.89 bits per heavy atom. The summed E-state index contributed by atoms with van der Waals surface area (Å²) in [6, 6.07) is 3.34. The minimum atomic E-state index is -1.10. The summed E-state index contributed by atoms with van der Waals surface area (Å²) in [6.07, 6.45) is 3.29. The van der Waals surface area contributed by atoms with Crippen LogP contribution in [-0.2, 0) is 9.59 Å². The van der Waals surface area contributed by atoms with E-state index in [0.29, 0.717) is 25.7 Å². The van der Waals surface area contributed by atoms with Crippen molar-refractivity contribution in [3.05, 3.63) is 43.7 Å². The molecular weight excluding hydrogens is 456 g/mol. The highest BCUT2D eigenvalue weighted by Gasteiger charge is 2.38. The summed E-state index contributed by atoms with van der Waals surface area (Å²) < 4.78 is 11.0. The number of methoxy groups -OCH3 is 1. The number of carboxylic acids is 1. The van der Waals surface area contributed by atoms with Crippen LogP contribution in [0.15, 0.2) is 33.1 Å². The van der Waals surface area contributed by atoms with Gasteiger partial charge in [-0.05, 0) is 39.7 Å². The summed E-state index contributed by atoms with van der Waals surface area (Å²) in [5.41, 5.74) is 0.657. The van der Waals surface area contributed by atoms with Crippen molar-refractivity contribution in [1.82, 2.24) is 4.98 Å². The summed E-state index contributed by atoms with van der Waals surface area (Å²) in [5, 5.41) is 19.5. The lowest BCUT2D eigenvalue weighted by Gasteiger charge is -2.12. The first-order chi connectivity index (χ1) is 12.9. The number of aliphatic carboxylic acids is 1. The molecule has 1 atom stereocenters. The molecule has 0 radical (unpaired) electrons. The van der Waals surface area contributed by atoms with Gasteiger partial charge in [-0.2, -0.15) is 0 Å². The van der Waals surface area contributed by atoms with Crippen LogP contribution >= 0.6 is 39.0 Å². The van der Waals surface area contributed by atoms with Gasteiger partial charge in [-0.25, -0.2) is 9.78 Å². The molecule has 0 spiro atoms. The Morgan fingerprint density at radius 2 is 2.26 bits per heavy atom. The molecule has 1 fully saturated rings. The third-order valence-electron chi connectivity index (χ3n) is 3.58. The largest absolute Gasteiger partial charge is 0.493 e. The van der Waals surface area contributed by atoms with Crippen LogP contribution in [0.25, 0.3) is 6.08 Å². The van der Waals surface area contributed by atoms with E-state index in [1.807, 2.05) is 0 Å². The van der Waals surface area contributed by atoms with E-state index in [2.05, 4.69) is 20.9 Å². The molecule has 1 aromatic carbocycles. The molecule has 27 heavy (non-hydrogen) atoms. The number of aromatic nitrogens is 1. The number of carbonyl (C=O) groups excluding carboxylic acids is 1. The van der Waals surface area contributed by atoms with Crippen LogP contribution in [0.3, 0.4) is 0 Å². The van der Waals surface area contributed by atoms with Gasteiger partial charge in [0.15, 0.2) is 23.9 Å². The zero-order chi connectivity index (χ0) is 19.6. The Bertz CT molecular complexity index is 943. The number of carboxylic acid groups (broad SMARTS) is 1. The fourth-order valence-electron chi connectivity index (χ4n) is 2.44. The van der Waals surface area contributed by atoms with Gasteiger partial charge in [0, 0.05) is 11.6 Å². The number of benzene rings is 1. The standard InChI is InChI=1S/C17H13BrN2O5S2/c1-24-10-5-8(4-9(18)15(10)25-7-12(21)22)6-11-14(23)13(16(19)27-11)17-20-2-3-26-17/h2-6,13,19H,7H2,1H3,(H,21,22)/b11-6-,19-16?/t13-/m1/s1. The molecule has 1 aromatic heterocycles. The first-order valence-corrected chi connectivity index (χ1v) is 10.0. The van der Waals surface area contributed by atoms with E-state index in [-0.39, 0.29) is 16.6 Å². The van der Waals surface area contributed by atoms with Crippen molar-refractivity contribution in [3.63, 3.8) is 0 Å². The molecule has 2 heterocycles. The number of hydrogen-bond donors (Lipinski definition) is 2. The fraction of sp³-hybridized carbons (Fsp3) is 0.176. The predicted octanol–water partition coefficient (Wildman–Crippen LogP) is 3.80. The van der Waals surface area contributed by atoms with E-state index in [1.54, 1.807) is 29.8 Å². The van der Waals surface area contributed by atoms with Crippen LogP contribution in [0.1, 0.15) is 16.5 Å². The van der Waals surface area contributed by atoms with Gasteiger partial charge in [0.1, 0.15) is 10.9 Å². The number of thioether (sulfide) groups is 1. The number of ether oxygens (including phenoxy) is 2. The summed E-state index contributed by atoms with van der Waals surface area (Å²) in [6.45, 7) is -0.504. The molecule has 0 bridgehead atoms. The number of halogens is 1. The first kappa shape index (κ1) is 19.6. The lowest BCUT2D eigenvalue weighted by molar-refractivity contribution is -0.139. The highest BCUT2D eigenvalue weighted by molar-refractivity contribution is 9.10. The van der Waals surface area contributed by atoms with Crippen molar-refractivity contribution in [2.45, 2.75) is 5.92 Å². The number of Topliss-reactive ketones (excluding diaryl/α,β-unsaturated/α-hetero) is 1. The smallest absolute Gasteiger partial charge is 0.341 e. The zero-order valence-corrected chi connectivity index (χ0v) is 17.1. The number of thiazole rings is 1. The Kier molecular flexibility index (Phi) is 5.98. The third kappa shape index (κ3) is 4.23. The van der Waals surface area contributed by atoms with Crippen molar-refractivity contribution < 1.29 is 24.2 Å². The molecular formula is C17H13BrN2O5S2. The van der Waals surface area contributed by atoms with E-state index in [9.17, 15) is 9.59 Å². The topological polar surface area (TPSA) is 110 Å². The Labute approximate surface area is 171 Å². The van der Waals surface area contributed by atoms with Crippen LogP contribution in [0.2, 0.25) is 0 Å². The van der Waals surface area contributed by atoms with E-state index >= 15 is 0 Å². The van der Waals surface area contributed by atoms with E-state index in [0.717, 1.165) is 11.8 Å². The van der Waals surface area contributed by atoms with Crippen molar-refractivity contribution >= 4 is 61.9 Å². The maximum absolute atomic E-state index is 12.7. The Balaban J connectivity index is 1.91. The second kappa shape index (κ2) is 8.24. The highest BCUT2D eigenvalue weighted by Crippen LogP contribution is 2.42. The van der Waals surface area contributed by atoms with Gasteiger partial charge in [0.2, 0.25) is 0 Å². The van der Waals surface area contributed by atoms with E-state index < -0.39 is 18.5 Å². The van der Waals surface area contributed by atoms with Crippen molar-refractivity contribution in [3.8, 4) is 11.5 Å². The molecule has 3 rings (SSSR count). The van der Waals surface area contributed by atoms with Crippen molar-refractivity contribution in [2.75, 3.05) is 13.7 Å². The first-order valence-electron chi connectivity index (χ1n) is 7.54. The van der Waals surface area contributed by atoms with Crippen LogP contribution in [0.5, 0.6) is 11.5 Å². The monoisotopic (exact) mass is 468 g/mol. The van der Waals surface area contributed by atoms with Gasteiger partial charge < -0.3 is 14.6 Å². The molecule has 0 unspecified atom stereocenters. The molecule has 2 N–H and O–H groups in total. The summed E-state index contributed by atoms with van der Waals surface area (Å²) in [7, 11) is 1.44. The minimum Gasteiger partial charge on any atom is -0.493 e. The van der Waals surface area contributed by atoms with Crippen LogP contribution < -0.4 is 9.47 Å². The van der Waals surface area contributed by atoms with Crippen LogP contribution in [-0.4, -0.2) is 40.6 Å². The number of rotatable bonds is 6. The average Bonchev–Trinajstić information content (AvgIpc) is 3.22. The minimum absolute atomic E-state index is 0.166. The summed E-state index contributed by atoms with van der Waals surface area (Å²) in [5.74, 6) is -1.32. The molecule has 1 aliphatic heterocycles. The van der Waals surface area contributed by atoms with Gasteiger partial charge in [-0.3, -0.25) is 10.2 Å². The van der Waals surface area contributed by atoms with Crippen LogP contribution in [0.4, 0.5) is 0 Å². The fourth-order valence-corrected chi connectivity index (χ4v) is 4.82. The number of nitrogens with one attached hydrogen (secondary N) is 1. The number of nitrogens with zero attached hydrogens (tertiary/aromatic N) is 1. The van der Waals surface area contributed by atoms with Gasteiger partial charge in [-0.1, -0.05) is 11.8 Å². The molecule has 140 valence electrons. The molecule has 2 aromatic rings. The molecule has 1 saturated heterocycles. The molecule has 0 amide bonds. The number of allylic oxidation sites excluding steroid dienone is 1. The van der Waals surface area contributed by atoms with Gasteiger partial charge in [0.05, 0.1) is 21.5 Å². The quantitative estimate of drug-likeness (QED) is 0.620. The maximum atomic E-state index is 12.7. The second-order valence-corrected chi connectivity index (χ2v) is 8.22. The lowest BCUT2D eigenvalue weighted by Crippen LogP contribution is -2.11. The number of hydrogen-bond acceptors (Lipinski definition) is 8. The van der Waals surface area contributed by atoms with Crippen molar-refractivity contribution in [2.24, 2.45) is 0 Å². The molecule has 7 nitrogen and oxygen atoms in total. The number of carbonyl (C=O) groups is 2. The zero-order valence-electron chi connectivity index (χ0n) is 13.9. The van der Waals surface area contributed by atoms with Gasteiger partial charge >= 0.3 is 5.97 Å². The summed E-state index contributed by atoms with van der Waals surface area (Å²) >= 11 is 5.80. The Hall–Kier alpha value is -2.17. The molecule has 1 aliphatic rings. The van der Waals surface area contributed by atoms with Gasteiger partial charge in [-0.15, -0.1) is 11.3 Å². The van der Waals surface area contributed by atoms with E-state index in [1.165, 1.54) is 18.4 Å². The highest BCUT2D eigenvalue weighted by atomic mass is 79.9. The third-order valence-corrected chi connectivity index (χ3v) is 6.00. The summed E-state index contributed by atoms with van der Waals surface area (Å²) in [4.78, 5) is 28.0. The molecule has 10 heteroatoms. The maximum Gasteiger partial charge on any atom is 0.341 e. The van der Waals surface area contributed by atoms with Gasteiger partial charge in [0.25, 0.3) is 0 Å². The Morgan fingerprint density at radius 1 is 1.48 bits per heavy atom. The van der Waals surface area contributed by atoms with Crippen LogP contribution in [0, 0.1) is 5.41 Å². The number of ketones is 1. The lowest BCUT2D eigenvalue weighted by atomic mass is 10.0. The average molecular weight is 469 g/mol. The molecule has 0 aliphatic carbocycles. The molecule has 0 saturated carbocycles. The predicted molar refractivity (Wildman–Crippen MR) is 107 cm³/mol. The van der Waals surface area contributed by atoms with Crippen molar-refractivity contribution in [1.29, 1.82) is 5.41 Å². The van der Waals surface area contributed by atoms with E-state index in [4.69, 9.17) is 20.0 Å².